The van der Waals surface area contributed by atoms with Gasteiger partial charge in [-0.1, -0.05) is 37.3 Å². The highest BCUT2D eigenvalue weighted by Crippen LogP contribution is 2.24. The van der Waals surface area contributed by atoms with Gasteiger partial charge in [0.2, 0.25) is 6.41 Å². The largest absolute Gasteiger partial charge is 0.508 e. The predicted octanol–water partition coefficient (Wildman–Crippen LogP) is 4.94. The van der Waals surface area contributed by atoms with Crippen molar-refractivity contribution in [2.24, 2.45) is 5.10 Å². The fraction of sp³-hybridized carbons (Fsp3) is 0.355. The molecule has 0 aromatic heterocycles. The molecule has 1 amide bonds. The van der Waals surface area contributed by atoms with Gasteiger partial charge in [0, 0.05) is 50.3 Å². The van der Waals surface area contributed by atoms with E-state index in [9.17, 15) is 9.90 Å². The maximum atomic E-state index is 11.9. The van der Waals surface area contributed by atoms with Crippen LogP contribution in [-0.2, 0) is 16.1 Å². The van der Waals surface area contributed by atoms with E-state index >= 15 is 0 Å². The number of nitrogens with zero attached hydrogens (tertiary/aromatic N) is 5. The van der Waals surface area contributed by atoms with Gasteiger partial charge in [0.25, 0.3) is 0 Å². The van der Waals surface area contributed by atoms with Gasteiger partial charge in [-0.3, -0.25) is 14.7 Å². The van der Waals surface area contributed by atoms with Crippen LogP contribution in [0.1, 0.15) is 25.8 Å². The van der Waals surface area contributed by atoms with Crippen LogP contribution in [0.3, 0.4) is 0 Å². The maximum Gasteiger partial charge on any atom is 0.219 e. The number of amides is 1. The van der Waals surface area contributed by atoms with Crippen LogP contribution in [0.15, 0.2) is 84.0 Å². The van der Waals surface area contributed by atoms with E-state index in [1.54, 1.807) is 18.5 Å². The number of phenols is 1. The summed E-state index contributed by atoms with van der Waals surface area (Å²) in [5, 5.41) is 16.0. The zero-order valence-corrected chi connectivity index (χ0v) is 23.1. The van der Waals surface area contributed by atoms with Gasteiger partial charge in [-0.15, -0.1) is 0 Å². The number of likely N-dealkylation sites (N-methyl/N-ethyl adjacent to an activating group) is 1. The lowest BCUT2D eigenvalue weighted by atomic mass is 10.1. The van der Waals surface area contributed by atoms with E-state index in [1.807, 2.05) is 66.7 Å². The van der Waals surface area contributed by atoms with Crippen LogP contribution in [0, 0.1) is 0 Å². The first-order chi connectivity index (χ1) is 19.0. The van der Waals surface area contributed by atoms with Crippen molar-refractivity contribution >= 4 is 29.8 Å². The summed E-state index contributed by atoms with van der Waals surface area (Å²) in [7, 11) is 1.91. The van der Waals surface area contributed by atoms with E-state index in [1.165, 1.54) is 4.90 Å². The average molecular weight is 530 g/mol. The van der Waals surface area contributed by atoms with Crippen LogP contribution in [0.2, 0.25) is 0 Å². The number of hydrogen-bond donors (Lipinski definition) is 1. The van der Waals surface area contributed by atoms with Crippen molar-refractivity contribution < 1.29 is 14.6 Å². The zero-order chi connectivity index (χ0) is 27.6. The summed E-state index contributed by atoms with van der Waals surface area (Å²) in [4.78, 5) is 18.0. The van der Waals surface area contributed by atoms with E-state index in [4.69, 9.17) is 4.74 Å². The Morgan fingerprint density at radius 2 is 1.49 bits per heavy atom. The summed E-state index contributed by atoms with van der Waals surface area (Å²) in [5.41, 5.74) is 4.14. The van der Waals surface area contributed by atoms with Crippen molar-refractivity contribution in [3.63, 3.8) is 0 Å². The minimum atomic E-state index is -0.0316. The van der Waals surface area contributed by atoms with Crippen LogP contribution in [0.5, 0.6) is 5.75 Å². The first kappa shape index (κ1) is 28.0. The molecule has 0 bridgehead atoms. The summed E-state index contributed by atoms with van der Waals surface area (Å²) in [6.45, 7) is 8.31. The number of phenolic OH excluding ortho intramolecular Hbond substituents is 1. The molecular weight excluding hydrogens is 490 g/mol. The number of carbonyl (C=O) groups excluding carboxylic acids is 1. The van der Waals surface area contributed by atoms with Crippen LogP contribution in [0.4, 0.5) is 17.1 Å². The number of anilines is 3. The summed E-state index contributed by atoms with van der Waals surface area (Å²) in [6.07, 6.45) is 3.17. The Bertz CT molecular complexity index is 1180. The summed E-state index contributed by atoms with van der Waals surface area (Å²) in [5.74, 6) is 0.283. The van der Waals surface area contributed by atoms with E-state index in [0.29, 0.717) is 6.61 Å². The van der Waals surface area contributed by atoms with Gasteiger partial charge < -0.3 is 19.6 Å². The second-order valence-corrected chi connectivity index (χ2v) is 9.80. The molecule has 3 aromatic rings. The summed E-state index contributed by atoms with van der Waals surface area (Å²) >= 11 is 0. The molecule has 8 heteroatoms. The van der Waals surface area contributed by atoms with E-state index in [0.717, 1.165) is 61.6 Å². The van der Waals surface area contributed by atoms with Crippen molar-refractivity contribution in [3.8, 4) is 5.75 Å². The molecule has 0 unspecified atom stereocenters. The molecular formula is C31H39N5O3. The van der Waals surface area contributed by atoms with Crippen LogP contribution < -0.4 is 14.7 Å². The first-order valence-electron chi connectivity index (χ1n) is 13.5. The standard InChI is InChI=1S/C31H39N5O3/c1-4-31(25(2)39-22-26-8-6-5-7-9-26)33(3)32-23-36(24-37)29-12-10-27(11-13-29)34-18-20-35(21-19-34)28-14-16-30(38)17-15-28/h5-17,23-25,31,38H,4,18-22H2,1-3H3/b32-23-/t25-,31-/m0/s1. The zero-order valence-electron chi connectivity index (χ0n) is 23.1. The Labute approximate surface area is 231 Å². The molecule has 4 rings (SSSR count). The van der Waals surface area contributed by atoms with E-state index < -0.39 is 0 Å². The quantitative estimate of drug-likeness (QED) is 0.155. The number of rotatable bonds is 12. The second kappa shape index (κ2) is 13.7. The molecule has 0 saturated carbocycles. The summed E-state index contributed by atoms with van der Waals surface area (Å²) in [6, 6.07) is 25.6. The van der Waals surface area contributed by atoms with Gasteiger partial charge in [-0.2, -0.15) is 5.10 Å². The normalized spacial score (nSPS) is 15.3. The lowest BCUT2D eigenvalue weighted by molar-refractivity contribution is -0.106. The predicted molar refractivity (Wildman–Crippen MR) is 159 cm³/mol. The molecule has 0 radical (unpaired) electrons. The smallest absolute Gasteiger partial charge is 0.219 e. The minimum Gasteiger partial charge on any atom is -0.508 e. The molecule has 206 valence electrons. The highest BCUT2D eigenvalue weighted by atomic mass is 16.5. The van der Waals surface area contributed by atoms with Crippen LogP contribution in [-0.4, -0.2) is 68.2 Å². The first-order valence-corrected chi connectivity index (χ1v) is 13.5. The SMILES string of the molecule is CC[C@@H]([C@H](C)OCc1ccccc1)N(C)/N=C\N(C=O)c1ccc(N2CCN(c3ccc(O)cc3)CC2)cc1. The van der Waals surface area contributed by atoms with Gasteiger partial charge >= 0.3 is 0 Å². The number of hydrazone groups is 1. The lowest BCUT2D eigenvalue weighted by Gasteiger charge is -2.37. The van der Waals surface area contributed by atoms with Crippen molar-refractivity contribution in [2.75, 3.05) is 47.9 Å². The molecule has 0 aliphatic carbocycles. The third kappa shape index (κ3) is 7.51. The van der Waals surface area contributed by atoms with Gasteiger partial charge in [0.1, 0.15) is 12.1 Å². The molecule has 0 spiro atoms. The molecule has 39 heavy (non-hydrogen) atoms. The third-order valence-electron chi connectivity index (χ3n) is 7.28. The molecule has 3 aromatic carbocycles. The highest BCUT2D eigenvalue weighted by molar-refractivity contribution is 5.97. The van der Waals surface area contributed by atoms with Crippen LogP contribution in [0.25, 0.3) is 0 Å². The van der Waals surface area contributed by atoms with Crippen molar-refractivity contribution in [3.05, 3.63) is 84.4 Å². The van der Waals surface area contributed by atoms with E-state index in [-0.39, 0.29) is 17.9 Å². The number of carbonyl (C=O) groups is 1. The van der Waals surface area contributed by atoms with Crippen molar-refractivity contribution in [1.29, 1.82) is 0 Å². The third-order valence-corrected chi connectivity index (χ3v) is 7.28. The Morgan fingerprint density at radius 3 is 2.03 bits per heavy atom. The molecule has 8 nitrogen and oxygen atoms in total. The topological polar surface area (TPSA) is 71.9 Å². The Kier molecular flexibility index (Phi) is 9.80. The number of piperazine rings is 1. The molecule has 1 fully saturated rings. The molecule has 1 heterocycles. The average Bonchev–Trinajstić information content (AvgIpc) is 2.98. The van der Waals surface area contributed by atoms with Crippen molar-refractivity contribution in [1.82, 2.24) is 5.01 Å². The van der Waals surface area contributed by atoms with Gasteiger partial charge in [-0.05, 0) is 67.4 Å². The molecule has 1 aliphatic heterocycles. The minimum absolute atomic E-state index is 0.0316. The lowest BCUT2D eigenvalue weighted by Crippen LogP contribution is -2.46. The van der Waals surface area contributed by atoms with Gasteiger partial charge in [0.15, 0.2) is 0 Å². The number of ether oxygens (including phenoxy) is 1. The number of benzene rings is 3. The monoisotopic (exact) mass is 529 g/mol. The van der Waals surface area contributed by atoms with Gasteiger partial charge in [-0.25, -0.2) is 0 Å². The Balaban J connectivity index is 1.31. The molecule has 1 N–H and O–H groups in total. The Hall–Kier alpha value is -4.04. The van der Waals surface area contributed by atoms with Crippen molar-refractivity contribution in [2.45, 2.75) is 39.0 Å². The molecule has 2 atom stereocenters. The number of aromatic hydroxyl groups is 1. The highest BCUT2D eigenvalue weighted by Gasteiger charge is 2.21. The fourth-order valence-corrected chi connectivity index (χ4v) is 4.91. The summed E-state index contributed by atoms with van der Waals surface area (Å²) < 4.78 is 6.11. The molecule has 1 saturated heterocycles. The second-order valence-electron chi connectivity index (χ2n) is 9.80. The Morgan fingerprint density at radius 1 is 0.923 bits per heavy atom. The van der Waals surface area contributed by atoms with Gasteiger partial charge in [0.05, 0.1) is 18.8 Å². The fourth-order valence-electron chi connectivity index (χ4n) is 4.91. The maximum absolute atomic E-state index is 11.9. The molecule has 1 aliphatic rings. The van der Waals surface area contributed by atoms with Crippen LogP contribution >= 0.6 is 0 Å². The van der Waals surface area contributed by atoms with E-state index in [2.05, 4.69) is 40.9 Å². The number of hydrogen-bond acceptors (Lipinski definition) is 7.